The molecule has 2 N–H and O–H groups in total. The molecule has 0 saturated carbocycles. The summed E-state index contributed by atoms with van der Waals surface area (Å²) in [4.78, 5) is 11.6. The lowest BCUT2D eigenvalue weighted by molar-refractivity contribution is 0.0518. The summed E-state index contributed by atoms with van der Waals surface area (Å²) in [6.45, 7) is 3.37. The second-order valence-electron chi connectivity index (χ2n) is 4.19. The molecule has 1 aromatic rings. The van der Waals surface area contributed by atoms with Gasteiger partial charge in [0.05, 0.1) is 5.60 Å². The van der Waals surface area contributed by atoms with Crippen LogP contribution < -0.4 is 5.32 Å². The van der Waals surface area contributed by atoms with E-state index < -0.39 is 23.1 Å². The number of amides is 1. The third-order valence-electron chi connectivity index (χ3n) is 2.52. The molecule has 1 unspecified atom stereocenters. The zero-order chi connectivity index (χ0) is 13.1. The van der Waals surface area contributed by atoms with Crippen molar-refractivity contribution in [2.75, 3.05) is 6.54 Å². The molecule has 5 heteroatoms. The third-order valence-corrected chi connectivity index (χ3v) is 2.52. The summed E-state index contributed by atoms with van der Waals surface area (Å²) in [7, 11) is 0. The molecule has 94 valence electrons. The van der Waals surface area contributed by atoms with Crippen LogP contribution in [0.1, 0.15) is 30.6 Å². The van der Waals surface area contributed by atoms with Crippen LogP contribution in [0.25, 0.3) is 0 Å². The van der Waals surface area contributed by atoms with Crippen LogP contribution in [-0.4, -0.2) is 23.2 Å². The zero-order valence-electron chi connectivity index (χ0n) is 9.76. The number of nitrogens with one attached hydrogen (secondary N) is 1. The van der Waals surface area contributed by atoms with Gasteiger partial charge in [0.2, 0.25) is 0 Å². The first-order valence-corrected chi connectivity index (χ1v) is 5.31. The molecule has 0 saturated heterocycles. The summed E-state index contributed by atoms with van der Waals surface area (Å²) in [5.41, 5.74) is -1.13. The van der Waals surface area contributed by atoms with Crippen LogP contribution in [0.5, 0.6) is 0 Å². The molecule has 0 spiro atoms. The number of hydrogen-bond donors (Lipinski definition) is 2. The molecule has 17 heavy (non-hydrogen) atoms. The molecule has 1 atom stereocenters. The summed E-state index contributed by atoms with van der Waals surface area (Å²) in [5.74, 6) is -2.23. The second kappa shape index (κ2) is 5.23. The Balaban J connectivity index is 2.70. The van der Waals surface area contributed by atoms with Crippen LogP contribution in [-0.2, 0) is 0 Å². The van der Waals surface area contributed by atoms with Gasteiger partial charge in [-0.15, -0.1) is 0 Å². The van der Waals surface area contributed by atoms with Gasteiger partial charge in [-0.1, -0.05) is 6.92 Å². The van der Waals surface area contributed by atoms with Crippen molar-refractivity contribution in [2.45, 2.75) is 25.9 Å². The van der Waals surface area contributed by atoms with E-state index in [2.05, 4.69) is 5.32 Å². The first kappa shape index (κ1) is 13.6. The molecular formula is C12H15F2NO2. The van der Waals surface area contributed by atoms with E-state index >= 15 is 0 Å². The summed E-state index contributed by atoms with van der Waals surface area (Å²) < 4.78 is 25.7. The molecule has 0 radical (unpaired) electrons. The lowest BCUT2D eigenvalue weighted by atomic mass is 10.0. The Morgan fingerprint density at radius 2 is 1.88 bits per heavy atom. The monoisotopic (exact) mass is 243 g/mol. The highest BCUT2D eigenvalue weighted by molar-refractivity contribution is 5.94. The Hall–Kier alpha value is -1.49. The predicted octanol–water partition coefficient (Wildman–Crippen LogP) is 1.86. The van der Waals surface area contributed by atoms with Gasteiger partial charge in [-0.25, -0.2) is 8.78 Å². The van der Waals surface area contributed by atoms with Crippen LogP contribution in [0.2, 0.25) is 0 Å². The number of aliphatic hydroxyl groups is 1. The molecule has 0 aliphatic heterocycles. The minimum atomic E-state index is -1.03. The predicted molar refractivity (Wildman–Crippen MR) is 59.6 cm³/mol. The van der Waals surface area contributed by atoms with Gasteiger partial charge in [0.1, 0.15) is 11.6 Å². The van der Waals surface area contributed by atoms with Crippen LogP contribution in [0.4, 0.5) is 8.78 Å². The van der Waals surface area contributed by atoms with Gasteiger partial charge >= 0.3 is 0 Å². The highest BCUT2D eigenvalue weighted by atomic mass is 19.1. The zero-order valence-corrected chi connectivity index (χ0v) is 9.76. The standard InChI is InChI=1S/C12H15F2NO2/c1-3-12(2,17)7-15-11(16)8-4-9(13)6-10(14)5-8/h4-6,17H,3,7H2,1-2H3,(H,15,16). The van der Waals surface area contributed by atoms with Crippen LogP contribution in [0, 0.1) is 11.6 Å². The van der Waals surface area contributed by atoms with Gasteiger partial charge in [-0.3, -0.25) is 4.79 Å². The minimum absolute atomic E-state index is 0.0282. The van der Waals surface area contributed by atoms with E-state index in [1.807, 2.05) is 0 Å². The first-order chi connectivity index (χ1) is 7.84. The number of hydrogen-bond acceptors (Lipinski definition) is 2. The van der Waals surface area contributed by atoms with E-state index in [0.29, 0.717) is 12.5 Å². The molecule has 0 heterocycles. The second-order valence-corrected chi connectivity index (χ2v) is 4.19. The van der Waals surface area contributed by atoms with Crippen molar-refractivity contribution < 1.29 is 18.7 Å². The minimum Gasteiger partial charge on any atom is -0.388 e. The van der Waals surface area contributed by atoms with Crippen molar-refractivity contribution in [1.82, 2.24) is 5.32 Å². The number of benzene rings is 1. The number of halogens is 2. The average molecular weight is 243 g/mol. The van der Waals surface area contributed by atoms with Crippen LogP contribution >= 0.6 is 0 Å². The summed E-state index contributed by atoms with van der Waals surface area (Å²) in [6, 6.07) is 2.58. The lowest BCUT2D eigenvalue weighted by Crippen LogP contribution is -2.40. The molecule has 0 aromatic heterocycles. The van der Waals surface area contributed by atoms with E-state index in [9.17, 15) is 18.7 Å². The fraction of sp³-hybridized carbons (Fsp3) is 0.417. The third kappa shape index (κ3) is 4.11. The van der Waals surface area contributed by atoms with Crippen LogP contribution in [0.15, 0.2) is 18.2 Å². The lowest BCUT2D eigenvalue weighted by Gasteiger charge is -2.21. The van der Waals surface area contributed by atoms with Crippen LogP contribution in [0.3, 0.4) is 0 Å². The van der Waals surface area contributed by atoms with Gasteiger partial charge in [-0.05, 0) is 25.5 Å². The van der Waals surface area contributed by atoms with Gasteiger partial charge in [0.25, 0.3) is 5.91 Å². The molecule has 3 nitrogen and oxygen atoms in total. The van der Waals surface area contributed by atoms with E-state index in [0.717, 1.165) is 12.1 Å². The van der Waals surface area contributed by atoms with Gasteiger partial charge in [-0.2, -0.15) is 0 Å². The maximum absolute atomic E-state index is 12.9. The van der Waals surface area contributed by atoms with Crippen molar-refractivity contribution in [2.24, 2.45) is 0 Å². The fourth-order valence-electron chi connectivity index (χ4n) is 1.18. The Morgan fingerprint density at radius 3 is 2.35 bits per heavy atom. The van der Waals surface area contributed by atoms with Crippen molar-refractivity contribution in [3.8, 4) is 0 Å². The average Bonchev–Trinajstić information content (AvgIpc) is 2.24. The van der Waals surface area contributed by atoms with Gasteiger partial charge in [0.15, 0.2) is 0 Å². The van der Waals surface area contributed by atoms with Crippen molar-refractivity contribution in [1.29, 1.82) is 0 Å². The Labute approximate surface area is 98.5 Å². The van der Waals surface area contributed by atoms with Crippen molar-refractivity contribution >= 4 is 5.91 Å². The highest BCUT2D eigenvalue weighted by Gasteiger charge is 2.19. The SMILES string of the molecule is CCC(C)(O)CNC(=O)c1cc(F)cc(F)c1. The van der Waals surface area contributed by atoms with E-state index in [1.165, 1.54) is 0 Å². The molecule has 0 fully saturated rings. The molecule has 0 bridgehead atoms. The number of carbonyl (C=O) groups excluding carboxylic acids is 1. The molecule has 1 rings (SSSR count). The van der Waals surface area contributed by atoms with Crippen molar-refractivity contribution in [3.05, 3.63) is 35.4 Å². The topological polar surface area (TPSA) is 49.3 Å². The van der Waals surface area contributed by atoms with Gasteiger partial charge < -0.3 is 10.4 Å². The Morgan fingerprint density at radius 1 is 1.35 bits per heavy atom. The fourth-order valence-corrected chi connectivity index (χ4v) is 1.18. The number of rotatable bonds is 4. The maximum atomic E-state index is 12.9. The van der Waals surface area contributed by atoms with Crippen molar-refractivity contribution in [3.63, 3.8) is 0 Å². The summed E-state index contributed by atoms with van der Waals surface area (Å²) in [6.07, 6.45) is 0.463. The largest absolute Gasteiger partial charge is 0.388 e. The van der Waals surface area contributed by atoms with E-state index in [4.69, 9.17) is 0 Å². The smallest absolute Gasteiger partial charge is 0.251 e. The molecule has 0 aliphatic carbocycles. The highest BCUT2D eigenvalue weighted by Crippen LogP contribution is 2.09. The molecule has 1 amide bonds. The Kier molecular flexibility index (Phi) is 4.17. The van der Waals surface area contributed by atoms with E-state index in [-0.39, 0.29) is 12.1 Å². The first-order valence-electron chi connectivity index (χ1n) is 5.31. The molecular weight excluding hydrogens is 228 g/mol. The molecule has 1 aromatic carbocycles. The quantitative estimate of drug-likeness (QED) is 0.848. The number of carbonyl (C=O) groups is 1. The van der Waals surface area contributed by atoms with E-state index in [1.54, 1.807) is 13.8 Å². The maximum Gasteiger partial charge on any atom is 0.251 e. The normalized spacial score (nSPS) is 14.2. The van der Waals surface area contributed by atoms with Gasteiger partial charge in [0, 0.05) is 18.2 Å². The Bertz CT molecular complexity index is 399. The summed E-state index contributed by atoms with van der Waals surface area (Å²) in [5, 5.41) is 12.1. The molecule has 0 aliphatic rings. The summed E-state index contributed by atoms with van der Waals surface area (Å²) >= 11 is 0.